The van der Waals surface area contributed by atoms with E-state index in [0.29, 0.717) is 6.61 Å². The van der Waals surface area contributed by atoms with E-state index in [1.807, 2.05) is 29.8 Å². The van der Waals surface area contributed by atoms with Crippen LogP contribution in [0.2, 0.25) is 0 Å². The topological polar surface area (TPSA) is 55.8 Å². The van der Waals surface area contributed by atoms with Crippen molar-refractivity contribution in [3.63, 3.8) is 0 Å². The summed E-state index contributed by atoms with van der Waals surface area (Å²) in [4.78, 5) is 6.77. The Kier molecular flexibility index (Phi) is 2.89. The number of nitrogens with zero attached hydrogens (tertiary/aromatic N) is 4. The minimum atomic E-state index is -0.0557. The summed E-state index contributed by atoms with van der Waals surface area (Å²) in [6.45, 7) is 4.18. The van der Waals surface area contributed by atoms with Gasteiger partial charge in [-0.3, -0.25) is 0 Å². The van der Waals surface area contributed by atoms with Crippen molar-refractivity contribution in [2.24, 2.45) is 0 Å². The molecular formula is C15H16N4O2. The molecule has 0 bridgehead atoms. The SMILES string of the molecule is Cc1cc2c(N3CCOC(c4ccco4)C3)nccn2n1. The van der Waals surface area contributed by atoms with E-state index in [2.05, 4.69) is 21.0 Å². The summed E-state index contributed by atoms with van der Waals surface area (Å²) in [5, 5.41) is 4.44. The van der Waals surface area contributed by atoms with Crippen LogP contribution in [0.4, 0.5) is 5.82 Å². The molecule has 108 valence electrons. The number of aromatic nitrogens is 3. The van der Waals surface area contributed by atoms with Gasteiger partial charge in [-0.05, 0) is 25.1 Å². The second kappa shape index (κ2) is 4.89. The lowest BCUT2D eigenvalue weighted by molar-refractivity contribution is 0.0256. The molecule has 0 spiro atoms. The maximum absolute atomic E-state index is 5.81. The summed E-state index contributed by atoms with van der Waals surface area (Å²) < 4.78 is 13.1. The van der Waals surface area contributed by atoms with Gasteiger partial charge < -0.3 is 14.1 Å². The number of morpholine rings is 1. The first-order valence-corrected chi connectivity index (χ1v) is 7.02. The van der Waals surface area contributed by atoms with Gasteiger partial charge in [-0.1, -0.05) is 0 Å². The van der Waals surface area contributed by atoms with Crippen LogP contribution in [-0.2, 0) is 4.74 Å². The number of rotatable bonds is 2. The maximum atomic E-state index is 5.81. The van der Waals surface area contributed by atoms with Crippen LogP contribution in [0.5, 0.6) is 0 Å². The Bertz CT molecular complexity index is 750. The van der Waals surface area contributed by atoms with Crippen LogP contribution in [0.1, 0.15) is 17.6 Å². The minimum absolute atomic E-state index is 0.0557. The lowest BCUT2D eigenvalue weighted by Crippen LogP contribution is -2.39. The molecule has 0 aromatic carbocycles. The predicted octanol–water partition coefficient (Wildman–Crippen LogP) is 2.21. The van der Waals surface area contributed by atoms with Gasteiger partial charge in [-0.15, -0.1) is 0 Å². The zero-order valence-corrected chi connectivity index (χ0v) is 11.8. The molecule has 1 aliphatic heterocycles. The Balaban J connectivity index is 1.68. The molecule has 3 aromatic rings. The van der Waals surface area contributed by atoms with E-state index in [-0.39, 0.29) is 6.10 Å². The highest BCUT2D eigenvalue weighted by molar-refractivity contribution is 5.69. The minimum Gasteiger partial charge on any atom is -0.467 e. The first-order chi connectivity index (χ1) is 10.3. The van der Waals surface area contributed by atoms with Crippen molar-refractivity contribution in [2.75, 3.05) is 24.6 Å². The van der Waals surface area contributed by atoms with Gasteiger partial charge in [0.25, 0.3) is 0 Å². The highest BCUT2D eigenvalue weighted by atomic mass is 16.5. The average Bonchev–Trinajstić information content (AvgIpc) is 3.15. The van der Waals surface area contributed by atoms with Crippen molar-refractivity contribution in [3.05, 3.63) is 48.3 Å². The summed E-state index contributed by atoms with van der Waals surface area (Å²) >= 11 is 0. The van der Waals surface area contributed by atoms with Crippen molar-refractivity contribution in [1.82, 2.24) is 14.6 Å². The molecule has 0 N–H and O–H groups in total. The fourth-order valence-electron chi connectivity index (χ4n) is 2.76. The van der Waals surface area contributed by atoms with Gasteiger partial charge in [-0.25, -0.2) is 9.50 Å². The van der Waals surface area contributed by atoms with Crippen molar-refractivity contribution < 1.29 is 9.15 Å². The predicted molar refractivity (Wildman–Crippen MR) is 77.3 cm³/mol. The molecule has 1 saturated heterocycles. The quantitative estimate of drug-likeness (QED) is 0.722. The number of ether oxygens (including phenoxy) is 1. The van der Waals surface area contributed by atoms with Gasteiger partial charge in [-0.2, -0.15) is 5.10 Å². The lowest BCUT2D eigenvalue weighted by Gasteiger charge is -2.32. The van der Waals surface area contributed by atoms with Crippen molar-refractivity contribution in [3.8, 4) is 0 Å². The highest BCUT2D eigenvalue weighted by Gasteiger charge is 2.26. The number of hydrogen-bond acceptors (Lipinski definition) is 5. The smallest absolute Gasteiger partial charge is 0.154 e. The molecule has 0 aliphatic carbocycles. The van der Waals surface area contributed by atoms with E-state index in [4.69, 9.17) is 9.15 Å². The maximum Gasteiger partial charge on any atom is 0.154 e. The van der Waals surface area contributed by atoms with Gasteiger partial charge in [0.15, 0.2) is 5.82 Å². The Hall–Kier alpha value is -2.34. The Morgan fingerprint density at radius 3 is 3.19 bits per heavy atom. The lowest BCUT2D eigenvalue weighted by atomic mass is 10.2. The molecule has 1 fully saturated rings. The third-order valence-electron chi connectivity index (χ3n) is 3.72. The van der Waals surface area contributed by atoms with Crippen LogP contribution in [0.25, 0.3) is 5.52 Å². The van der Waals surface area contributed by atoms with Gasteiger partial charge in [0, 0.05) is 18.9 Å². The van der Waals surface area contributed by atoms with E-state index in [1.54, 1.807) is 12.5 Å². The fourth-order valence-corrected chi connectivity index (χ4v) is 2.76. The molecule has 0 saturated carbocycles. The standard InChI is InChI=1S/C15H16N4O2/c1-11-9-12-15(16-4-5-19(12)17-11)18-6-8-21-14(10-18)13-3-2-7-20-13/h2-5,7,9,14H,6,8,10H2,1H3. The average molecular weight is 284 g/mol. The zero-order valence-electron chi connectivity index (χ0n) is 11.8. The van der Waals surface area contributed by atoms with Crippen LogP contribution < -0.4 is 4.90 Å². The molecule has 6 nitrogen and oxygen atoms in total. The van der Waals surface area contributed by atoms with Crippen LogP contribution in [-0.4, -0.2) is 34.3 Å². The third kappa shape index (κ3) is 2.17. The molecule has 1 atom stereocenters. The fraction of sp³-hybridized carbons (Fsp3) is 0.333. The number of hydrogen-bond donors (Lipinski definition) is 0. The largest absolute Gasteiger partial charge is 0.467 e. The molecule has 4 heterocycles. The first kappa shape index (κ1) is 12.4. The van der Waals surface area contributed by atoms with E-state index in [1.165, 1.54) is 0 Å². The molecule has 4 rings (SSSR count). The molecule has 6 heteroatoms. The van der Waals surface area contributed by atoms with Gasteiger partial charge >= 0.3 is 0 Å². The van der Waals surface area contributed by atoms with Gasteiger partial charge in [0.2, 0.25) is 0 Å². The van der Waals surface area contributed by atoms with Gasteiger partial charge in [0.1, 0.15) is 17.4 Å². The highest BCUT2D eigenvalue weighted by Crippen LogP contribution is 2.27. The van der Waals surface area contributed by atoms with Crippen LogP contribution in [0.3, 0.4) is 0 Å². The Morgan fingerprint density at radius 1 is 1.38 bits per heavy atom. The summed E-state index contributed by atoms with van der Waals surface area (Å²) in [7, 11) is 0. The van der Waals surface area contributed by atoms with E-state index in [9.17, 15) is 0 Å². The van der Waals surface area contributed by atoms with Crippen molar-refractivity contribution >= 4 is 11.3 Å². The molecule has 1 unspecified atom stereocenters. The molecule has 3 aromatic heterocycles. The molecular weight excluding hydrogens is 268 g/mol. The summed E-state index contributed by atoms with van der Waals surface area (Å²) in [6.07, 6.45) is 5.28. The van der Waals surface area contributed by atoms with Crippen molar-refractivity contribution in [1.29, 1.82) is 0 Å². The normalized spacial score (nSPS) is 19.3. The molecule has 0 amide bonds. The van der Waals surface area contributed by atoms with E-state index >= 15 is 0 Å². The molecule has 0 radical (unpaired) electrons. The Labute approximate surface area is 122 Å². The number of aryl methyl sites for hydroxylation is 1. The molecule has 21 heavy (non-hydrogen) atoms. The third-order valence-corrected chi connectivity index (χ3v) is 3.72. The zero-order chi connectivity index (χ0) is 14.2. The summed E-state index contributed by atoms with van der Waals surface area (Å²) in [5.41, 5.74) is 2.01. The summed E-state index contributed by atoms with van der Waals surface area (Å²) in [5.74, 6) is 1.80. The van der Waals surface area contributed by atoms with Crippen LogP contribution in [0.15, 0.2) is 41.3 Å². The van der Waals surface area contributed by atoms with Crippen LogP contribution in [0, 0.1) is 6.92 Å². The van der Waals surface area contributed by atoms with Gasteiger partial charge in [0.05, 0.1) is 25.1 Å². The van der Waals surface area contributed by atoms with E-state index in [0.717, 1.165) is 35.9 Å². The van der Waals surface area contributed by atoms with Crippen LogP contribution >= 0.6 is 0 Å². The summed E-state index contributed by atoms with van der Waals surface area (Å²) in [6, 6.07) is 5.89. The Morgan fingerprint density at radius 2 is 2.33 bits per heavy atom. The number of anilines is 1. The molecule has 1 aliphatic rings. The second-order valence-electron chi connectivity index (χ2n) is 5.19. The second-order valence-corrected chi connectivity index (χ2v) is 5.19. The van der Waals surface area contributed by atoms with Crippen molar-refractivity contribution in [2.45, 2.75) is 13.0 Å². The first-order valence-electron chi connectivity index (χ1n) is 7.02. The van der Waals surface area contributed by atoms with E-state index < -0.39 is 0 Å². The monoisotopic (exact) mass is 284 g/mol. The number of furan rings is 1. The number of fused-ring (bicyclic) bond motifs is 1.